The second kappa shape index (κ2) is 10.3. The summed E-state index contributed by atoms with van der Waals surface area (Å²) in [4.78, 5) is 6.90. The lowest BCUT2D eigenvalue weighted by molar-refractivity contribution is 0.330. The summed E-state index contributed by atoms with van der Waals surface area (Å²) in [5.41, 5.74) is 2.76. The molecular formula is C19H32N4. The molecule has 0 radical (unpaired) electrons. The SMILES string of the molecule is CCc1ccccc1CNC(=NC)NCCCCN1CCCC1. The Morgan fingerprint density at radius 2 is 1.83 bits per heavy atom. The van der Waals surface area contributed by atoms with Gasteiger partial charge in [-0.3, -0.25) is 4.99 Å². The molecule has 0 spiro atoms. The molecule has 1 aromatic rings. The standard InChI is InChI=1S/C19H32N4/c1-3-17-10-4-5-11-18(17)16-22-19(20-2)21-12-6-7-13-23-14-8-9-15-23/h4-5,10-11H,3,6-9,12-16H2,1-2H3,(H2,20,21,22). The van der Waals surface area contributed by atoms with Crippen LogP contribution in [0.3, 0.4) is 0 Å². The highest BCUT2D eigenvalue weighted by atomic mass is 15.2. The molecule has 0 aromatic heterocycles. The minimum absolute atomic E-state index is 0.831. The van der Waals surface area contributed by atoms with Crippen molar-refractivity contribution in [3.8, 4) is 0 Å². The molecule has 4 heteroatoms. The maximum absolute atomic E-state index is 4.32. The Bertz CT molecular complexity index is 478. The number of hydrogen-bond donors (Lipinski definition) is 2. The molecule has 1 aliphatic rings. The molecule has 1 aromatic carbocycles. The third-order valence-corrected chi connectivity index (χ3v) is 4.56. The fraction of sp³-hybridized carbons (Fsp3) is 0.632. The molecule has 1 fully saturated rings. The van der Waals surface area contributed by atoms with E-state index in [1.165, 1.54) is 56.4 Å². The van der Waals surface area contributed by atoms with Gasteiger partial charge in [-0.05, 0) is 62.9 Å². The van der Waals surface area contributed by atoms with Crippen molar-refractivity contribution in [1.29, 1.82) is 0 Å². The van der Waals surface area contributed by atoms with Crippen molar-refractivity contribution >= 4 is 5.96 Å². The summed E-state index contributed by atoms with van der Waals surface area (Å²) < 4.78 is 0. The molecule has 1 heterocycles. The lowest BCUT2D eigenvalue weighted by Gasteiger charge is -2.15. The number of guanidine groups is 1. The monoisotopic (exact) mass is 316 g/mol. The van der Waals surface area contributed by atoms with E-state index in [1.54, 1.807) is 0 Å². The largest absolute Gasteiger partial charge is 0.356 e. The Morgan fingerprint density at radius 3 is 2.52 bits per heavy atom. The molecule has 0 bridgehead atoms. The number of unbranched alkanes of at least 4 members (excludes halogenated alkanes) is 1. The second-order valence-electron chi connectivity index (χ2n) is 6.23. The van der Waals surface area contributed by atoms with E-state index in [4.69, 9.17) is 0 Å². The molecule has 23 heavy (non-hydrogen) atoms. The van der Waals surface area contributed by atoms with Gasteiger partial charge >= 0.3 is 0 Å². The van der Waals surface area contributed by atoms with Crippen LogP contribution in [-0.2, 0) is 13.0 Å². The maximum atomic E-state index is 4.32. The van der Waals surface area contributed by atoms with Crippen molar-refractivity contribution in [3.05, 3.63) is 35.4 Å². The van der Waals surface area contributed by atoms with Crippen LogP contribution in [0.5, 0.6) is 0 Å². The van der Waals surface area contributed by atoms with Gasteiger partial charge in [0.25, 0.3) is 0 Å². The van der Waals surface area contributed by atoms with E-state index in [1.807, 2.05) is 7.05 Å². The molecule has 4 nitrogen and oxygen atoms in total. The molecule has 2 rings (SSSR count). The first kappa shape index (κ1) is 17.8. The number of nitrogens with one attached hydrogen (secondary N) is 2. The van der Waals surface area contributed by atoms with Crippen molar-refractivity contribution in [2.75, 3.05) is 33.2 Å². The zero-order valence-corrected chi connectivity index (χ0v) is 14.8. The van der Waals surface area contributed by atoms with E-state index < -0.39 is 0 Å². The van der Waals surface area contributed by atoms with E-state index >= 15 is 0 Å². The number of likely N-dealkylation sites (tertiary alicyclic amines) is 1. The molecule has 0 amide bonds. The number of hydrogen-bond acceptors (Lipinski definition) is 2. The van der Waals surface area contributed by atoms with Crippen LogP contribution in [0.4, 0.5) is 0 Å². The Morgan fingerprint density at radius 1 is 1.09 bits per heavy atom. The molecular weight excluding hydrogens is 284 g/mol. The summed E-state index contributed by atoms with van der Waals surface area (Å²) >= 11 is 0. The van der Waals surface area contributed by atoms with Gasteiger partial charge < -0.3 is 15.5 Å². The van der Waals surface area contributed by atoms with Gasteiger partial charge in [-0.2, -0.15) is 0 Å². The molecule has 1 aliphatic heterocycles. The molecule has 0 atom stereocenters. The Balaban J connectivity index is 1.63. The smallest absolute Gasteiger partial charge is 0.191 e. The van der Waals surface area contributed by atoms with Crippen LogP contribution in [0.15, 0.2) is 29.3 Å². The molecule has 128 valence electrons. The van der Waals surface area contributed by atoms with Crippen LogP contribution in [0.25, 0.3) is 0 Å². The number of aryl methyl sites for hydroxylation is 1. The van der Waals surface area contributed by atoms with Crippen molar-refractivity contribution < 1.29 is 0 Å². The molecule has 0 unspecified atom stereocenters. The predicted octanol–water partition coefficient (Wildman–Crippen LogP) is 2.79. The summed E-state index contributed by atoms with van der Waals surface area (Å²) in [6.45, 7) is 7.87. The van der Waals surface area contributed by atoms with Gasteiger partial charge in [0, 0.05) is 20.1 Å². The predicted molar refractivity (Wildman–Crippen MR) is 98.9 cm³/mol. The van der Waals surface area contributed by atoms with E-state index in [2.05, 4.69) is 51.7 Å². The van der Waals surface area contributed by atoms with E-state index in [9.17, 15) is 0 Å². The number of nitrogens with zero attached hydrogens (tertiary/aromatic N) is 2. The Hall–Kier alpha value is -1.55. The first-order valence-electron chi connectivity index (χ1n) is 9.07. The molecule has 1 saturated heterocycles. The molecule has 0 aliphatic carbocycles. The third kappa shape index (κ3) is 6.22. The number of benzene rings is 1. The number of aliphatic imine (C=N–C) groups is 1. The number of rotatable bonds is 8. The van der Waals surface area contributed by atoms with Crippen molar-refractivity contribution in [3.63, 3.8) is 0 Å². The van der Waals surface area contributed by atoms with Crippen molar-refractivity contribution in [2.45, 2.75) is 45.6 Å². The minimum atomic E-state index is 0.831. The Kier molecular flexibility index (Phi) is 7.95. The van der Waals surface area contributed by atoms with Gasteiger partial charge in [0.15, 0.2) is 5.96 Å². The van der Waals surface area contributed by atoms with Gasteiger partial charge in [-0.1, -0.05) is 31.2 Å². The van der Waals surface area contributed by atoms with Gasteiger partial charge in [0.2, 0.25) is 0 Å². The van der Waals surface area contributed by atoms with Crippen LogP contribution < -0.4 is 10.6 Å². The summed E-state index contributed by atoms with van der Waals surface area (Å²) in [6.07, 6.45) is 6.30. The zero-order chi connectivity index (χ0) is 16.3. The summed E-state index contributed by atoms with van der Waals surface area (Å²) in [6, 6.07) is 8.60. The average Bonchev–Trinajstić information content (AvgIpc) is 3.11. The summed E-state index contributed by atoms with van der Waals surface area (Å²) in [5.74, 6) is 0.900. The van der Waals surface area contributed by atoms with Gasteiger partial charge in [-0.15, -0.1) is 0 Å². The highest BCUT2D eigenvalue weighted by molar-refractivity contribution is 5.79. The van der Waals surface area contributed by atoms with Gasteiger partial charge in [0.1, 0.15) is 0 Å². The maximum Gasteiger partial charge on any atom is 0.191 e. The summed E-state index contributed by atoms with van der Waals surface area (Å²) in [7, 11) is 1.84. The first-order valence-corrected chi connectivity index (χ1v) is 9.07. The third-order valence-electron chi connectivity index (χ3n) is 4.56. The normalized spacial score (nSPS) is 15.8. The van der Waals surface area contributed by atoms with Crippen LogP contribution in [0.1, 0.15) is 43.7 Å². The zero-order valence-electron chi connectivity index (χ0n) is 14.8. The van der Waals surface area contributed by atoms with Crippen molar-refractivity contribution in [2.24, 2.45) is 4.99 Å². The highest BCUT2D eigenvalue weighted by Crippen LogP contribution is 2.09. The quantitative estimate of drug-likeness (QED) is 0.440. The second-order valence-corrected chi connectivity index (χ2v) is 6.23. The minimum Gasteiger partial charge on any atom is -0.356 e. The van der Waals surface area contributed by atoms with Crippen LogP contribution in [0, 0.1) is 0 Å². The van der Waals surface area contributed by atoms with Crippen LogP contribution >= 0.6 is 0 Å². The average molecular weight is 316 g/mol. The lowest BCUT2D eigenvalue weighted by Crippen LogP contribution is -2.37. The lowest BCUT2D eigenvalue weighted by atomic mass is 10.1. The molecule has 0 saturated carbocycles. The summed E-state index contributed by atoms with van der Waals surface area (Å²) in [5, 5.41) is 6.84. The van der Waals surface area contributed by atoms with Gasteiger partial charge in [0.05, 0.1) is 0 Å². The van der Waals surface area contributed by atoms with E-state index in [0.29, 0.717) is 0 Å². The topological polar surface area (TPSA) is 39.7 Å². The van der Waals surface area contributed by atoms with E-state index in [-0.39, 0.29) is 0 Å². The van der Waals surface area contributed by atoms with E-state index in [0.717, 1.165) is 25.5 Å². The van der Waals surface area contributed by atoms with Crippen LogP contribution in [0.2, 0.25) is 0 Å². The molecule has 2 N–H and O–H groups in total. The highest BCUT2D eigenvalue weighted by Gasteiger charge is 2.10. The Labute approximate surface area is 141 Å². The van der Waals surface area contributed by atoms with Crippen molar-refractivity contribution in [1.82, 2.24) is 15.5 Å². The fourth-order valence-electron chi connectivity index (χ4n) is 3.15. The van der Waals surface area contributed by atoms with Crippen LogP contribution in [-0.4, -0.2) is 44.1 Å². The van der Waals surface area contributed by atoms with Gasteiger partial charge in [-0.25, -0.2) is 0 Å². The first-order chi connectivity index (χ1) is 11.3. The fourth-order valence-corrected chi connectivity index (χ4v) is 3.15.